The molecule has 0 atom stereocenters. The van der Waals surface area contributed by atoms with Crippen LogP contribution in [-0.2, 0) is 6.42 Å². The number of nitrogens with zero attached hydrogens (tertiary/aromatic N) is 2. The SMILES string of the molecule is O=C(NCCc1ncno1)c1cc(S)ccc1F. The fraction of sp³-hybridized carbons (Fsp3) is 0.182. The van der Waals surface area contributed by atoms with Crippen molar-refractivity contribution in [1.29, 1.82) is 0 Å². The van der Waals surface area contributed by atoms with Gasteiger partial charge in [-0.05, 0) is 18.2 Å². The van der Waals surface area contributed by atoms with E-state index in [2.05, 4.69) is 28.1 Å². The summed E-state index contributed by atoms with van der Waals surface area (Å²) in [5, 5.41) is 6.00. The summed E-state index contributed by atoms with van der Waals surface area (Å²) in [7, 11) is 0. The second-order valence-corrected chi connectivity index (χ2v) is 4.02. The molecule has 1 heterocycles. The molecular formula is C11H10FN3O2S. The molecule has 1 amide bonds. The van der Waals surface area contributed by atoms with Gasteiger partial charge in [0.15, 0.2) is 6.33 Å². The first-order chi connectivity index (χ1) is 8.66. The van der Waals surface area contributed by atoms with Crippen molar-refractivity contribution in [2.45, 2.75) is 11.3 Å². The Kier molecular flexibility index (Phi) is 3.93. The molecule has 0 aliphatic heterocycles. The van der Waals surface area contributed by atoms with Gasteiger partial charge in [-0.1, -0.05) is 5.16 Å². The van der Waals surface area contributed by atoms with E-state index in [1.54, 1.807) is 0 Å². The Labute approximate surface area is 108 Å². The summed E-state index contributed by atoms with van der Waals surface area (Å²) in [6.45, 7) is 0.289. The van der Waals surface area contributed by atoms with Crippen LogP contribution in [0.3, 0.4) is 0 Å². The highest BCUT2D eigenvalue weighted by atomic mass is 32.1. The van der Waals surface area contributed by atoms with Crippen LogP contribution in [0.15, 0.2) is 33.9 Å². The summed E-state index contributed by atoms with van der Waals surface area (Å²) in [6, 6.07) is 4.06. The van der Waals surface area contributed by atoms with Gasteiger partial charge in [0, 0.05) is 17.9 Å². The summed E-state index contributed by atoms with van der Waals surface area (Å²) >= 11 is 4.06. The summed E-state index contributed by atoms with van der Waals surface area (Å²) in [4.78, 5) is 16.0. The number of halogens is 1. The molecular weight excluding hydrogens is 257 g/mol. The Hall–Kier alpha value is -1.89. The lowest BCUT2D eigenvalue weighted by atomic mass is 10.2. The van der Waals surface area contributed by atoms with E-state index in [-0.39, 0.29) is 12.1 Å². The van der Waals surface area contributed by atoms with Crippen molar-refractivity contribution >= 4 is 18.5 Å². The Balaban J connectivity index is 1.93. The molecule has 0 bridgehead atoms. The minimum absolute atomic E-state index is 0.0342. The summed E-state index contributed by atoms with van der Waals surface area (Å²) in [6.07, 6.45) is 1.68. The molecule has 18 heavy (non-hydrogen) atoms. The molecule has 0 unspecified atom stereocenters. The zero-order chi connectivity index (χ0) is 13.0. The molecule has 0 aliphatic carbocycles. The Bertz CT molecular complexity index is 545. The molecule has 0 saturated carbocycles. The van der Waals surface area contributed by atoms with Crippen LogP contribution >= 0.6 is 12.6 Å². The van der Waals surface area contributed by atoms with E-state index in [4.69, 9.17) is 4.52 Å². The van der Waals surface area contributed by atoms with Gasteiger partial charge in [-0.2, -0.15) is 4.98 Å². The van der Waals surface area contributed by atoms with Crippen molar-refractivity contribution in [2.75, 3.05) is 6.54 Å². The van der Waals surface area contributed by atoms with Crippen molar-refractivity contribution in [3.05, 3.63) is 41.8 Å². The first-order valence-electron chi connectivity index (χ1n) is 5.19. The van der Waals surface area contributed by atoms with Crippen molar-refractivity contribution in [2.24, 2.45) is 0 Å². The minimum Gasteiger partial charge on any atom is -0.351 e. The molecule has 0 radical (unpaired) electrons. The van der Waals surface area contributed by atoms with Gasteiger partial charge in [0.1, 0.15) is 5.82 Å². The first-order valence-corrected chi connectivity index (χ1v) is 5.64. The number of aromatic nitrogens is 2. The lowest BCUT2D eigenvalue weighted by molar-refractivity contribution is 0.0949. The van der Waals surface area contributed by atoms with E-state index in [0.717, 1.165) is 0 Å². The van der Waals surface area contributed by atoms with Crippen LogP contribution in [0.5, 0.6) is 0 Å². The van der Waals surface area contributed by atoms with Gasteiger partial charge in [-0.25, -0.2) is 4.39 Å². The zero-order valence-electron chi connectivity index (χ0n) is 9.26. The maximum Gasteiger partial charge on any atom is 0.254 e. The zero-order valence-corrected chi connectivity index (χ0v) is 10.2. The molecule has 2 rings (SSSR count). The van der Waals surface area contributed by atoms with Crippen LogP contribution < -0.4 is 5.32 Å². The second-order valence-electron chi connectivity index (χ2n) is 3.51. The molecule has 0 saturated heterocycles. The topological polar surface area (TPSA) is 68.0 Å². The summed E-state index contributed by atoms with van der Waals surface area (Å²) in [5.74, 6) is -0.662. The summed E-state index contributed by atoms with van der Waals surface area (Å²) in [5.41, 5.74) is -0.0342. The van der Waals surface area contributed by atoms with Crippen molar-refractivity contribution < 1.29 is 13.7 Å². The molecule has 0 aliphatic rings. The number of thiol groups is 1. The molecule has 5 nitrogen and oxygen atoms in total. The Morgan fingerprint density at radius 3 is 3.06 bits per heavy atom. The third kappa shape index (κ3) is 3.07. The molecule has 2 aromatic rings. The van der Waals surface area contributed by atoms with Crippen LogP contribution in [0, 0.1) is 5.82 Å². The van der Waals surface area contributed by atoms with Crippen molar-refractivity contribution in [1.82, 2.24) is 15.5 Å². The third-order valence-electron chi connectivity index (χ3n) is 2.23. The third-order valence-corrected chi connectivity index (χ3v) is 2.50. The number of benzene rings is 1. The van der Waals surface area contributed by atoms with E-state index < -0.39 is 11.7 Å². The van der Waals surface area contributed by atoms with Crippen LogP contribution in [-0.4, -0.2) is 22.6 Å². The monoisotopic (exact) mass is 267 g/mol. The fourth-order valence-electron chi connectivity index (χ4n) is 1.37. The highest BCUT2D eigenvalue weighted by Crippen LogP contribution is 2.13. The highest BCUT2D eigenvalue weighted by Gasteiger charge is 2.11. The quantitative estimate of drug-likeness (QED) is 0.823. The van der Waals surface area contributed by atoms with Crippen LogP contribution in [0.2, 0.25) is 0 Å². The maximum atomic E-state index is 13.4. The van der Waals surface area contributed by atoms with Crippen LogP contribution in [0.25, 0.3) is 0 Å². The molecule has 1 N–H and O–H groups in total. The predicted molar refractivity (Wildman–Crippen MR) is 64.0 cm³/mol. The predicted octanol–water partition coefficient (Wildman–Crippen LogP) is 1.47. The van der Waals surface area contributed by atoms with Gasteiger partial charge in [0.05, 0.1) is 5.56 Å². The highest BCUT2D eigenvalue weighted by molar-refractivity contribution is 7.80. The molecule has 1 aromatic carbocycles. The minimum atomic E-state index is -0.580. The fourth-order valence-corrected chi connectivity index (χ4v) is 1.58. The molecule has 1 aromatic heterocycles. The average Bonchev–Trinajstić information content (AvgIpc) is 2.85. The lowest BCUT2D eigenvalue weighted by Crippen LogP contribution is -2.26. The number of nitrogens with one attached hydrogen (secondary N) is 1. The Morgan fingerprint density at radius 2 is 2.33 bits per heavy atom. The van der Waals surface area contributed by atoms with Gasteiger partial charge in [-0.3, -0.25) is 4.79 Å². The standard InChI is InChI=1S/C11H10FN3O2S/c12-9-2-1-7(18)5-8(9)11(16)13-4-3-10-14-6-15-17-10/h1-2,5-6,18H,3-4H2,(H,13,16). The maximum absolute atomic E-state index is 13.4. The molecule has 0 fully saturated rings. The van der Waals surface area contributed by atoms with Crippen molar-refractivity contribution in [3.8, 4) is 0 Å². The number of carbonyl (C=O) groups excluding carboxylic acids is 1. The van der Waals surface area contributed by atoms with Crippen molar-refractivity contribution in [3.63, 3.8) is 0 Å². The first kappa shape index (κ1) is 12.6. The number of hydrogen-bond acceptors (Lipinski definition) is 5. The van der Waals surface area contributed by atoms with E-state index >= 15 is 0 Å². The lowest BCUT2D eigenvalue weighted by Gasteiger charge is -2.05. The van der Waals surface area contributed by atoms with Crippen LogP contribution in [0.1, 0.15) is 16.2 Å². The smallest absolute Gasteiger partial charge is 0.254 e. The van der Waals surface area contributed by atoms with Gasteiger partial charge >= 0.3 is 0 Å². The normalized spacial score (nSPS) is 10.3. The van der Waals surface area contributed by atoms with Gasteiger partial charge in [0.2, 0.25) is 5.89 Å². The summed E-state index contributed by atoms with van der Waals surface area (Å²) < 4.78 is 18.2. The number of rotatable bonds is 4. The van der Waals surface area contributed by atoms with Gasteiger partial charge in [-0.15, -0.1) is 12.6 Å². The molecule has 7 heteroatoms. The van der Waals surface area contributed by atoms with E-state index in [0.29, 0.717) is 17.2 Å². The van der Waals surface area contributed by atoms with Gasteiger partial charge < -0.3 is 9.84 Å². The second kappa shape index (κ2) is 5.63. The van der Waals surface area contributed by atoms with Crippen LogP contribution in [0.4, 0.5) is 4.39 Å². The number of carbonyl (C=O) groups is 1. The number of hydrogen-bond donors (Lipinski definition) is 2. The largest absolute Gasteiger partial charge is 0.351 e. The van der Waals surface area contributed by atoms with E-state index in [1.807, 2.05) is 0 Å². The average molecular weight is 267 g/mol. The van der Waals surface area contributed by atoms with E-state index in [9.17, 15) is 9.18 Å². The van der Waals surface area contributed by atoms with Gasteiger partial charge in [0.25, 0.3) is 5.91 Å². The number of amides is 1. The Morgan fingerprint density at radius 1 is 1.50 bits per heavy atom. The molecule has 0 spiro atoms. The van der Waals surface area contributed by atoms with E-state index in [1.165, 1.54) is 24.5 Å². The molecule has 94 valence electrons.